The van der Waals surface area contributed by atoms with Gasteiger partial charge in [0.15, 0.2) is 5.60 Å². The predicted molar refractivity (Wildman–Crippen MR) is 222 cm³/mol. The average molecular weight is 733 g/mol. The molecule has 0 spiro atoms. The summed E-state index contributed by atoms with van der Waals surface area (Å²) in [5.74, 6) is -0.245. The van der Waals surface area contributed by atoms with Crippen molar-refractivity contribution in [2.45, 2.75) is 109 Å². The van der Waals surface area contributed by atoms with Gasteiger partial charge in [0.05, 0.1) is 13.2 Å². The van der Waals surface area contributed by atoms with Gasteiger partial charge in [-0.15, -0.1) is 0 Å². The number of rotatable bonds is 16. The summed E-state index contributed by atoms with van der Waals surface area (Å²) >= 11 is 0. The minimum atomic E-state index is -2.95. The second-order valence-electron chi connectivity index (χ2n) is 16.6. The van der Waals surface area contributed by atoms with Crippen molar-refractivity contribution in [2.75, 3.05) is 13.2 Å². The van der Waals surface area contributed by atoms with Gasteiger partial charge in [0.2, 0.25) is 0 Å². The fraction of sp³-hybridized carbons (Fsp3) is 0.413. The highest BCUT2D eigenvalue weighted by Gasteiger charge is 2.56. The van der Waals surface area contributed by atoms with Gasteiger partial charge in [0.1, 0.15) is 0 Å². The topological polar surface area (TPSA) is 44.8 Å². The van der Waals surface area contributed by atoms with E-state index in [9.17, 15) is 4.79 Å². The molecule has 0 radical (unpaired) electrons. The Kier molecular flexibility index (Phi) is 13.0. The van der Waals surface area contributed by atoms with E-state index in [1.54, 1.807) is 0 Å². The first-order valence-electron chi connectivity index (χ1n) is 19.3. The summed E-state index contributed by atoms with van der Waals surface area (Å²) in [4.78, 5) is 13.9. The van der Waals surface area contributed by atoms with Crippen LogP contribution in [-0.4, -0.2) is 41.4 Å². The van der Waals surface area contributed by atoms with Gasteiger partial charge in [-0.05, 0) is 43.7 Å². The van der Waals surface area contributed by atoms with Crippen LogP contribution in [0.5, 0.6) is 0 Å². The minimum Gasteiger partial charge on any atom is -0.451 e. The van der Waals surface area contributed by atoms with Crippen molar-refractivity contribution < 1.29 is 18.4 Å². The second kappa shape index (κ2) is 17.1. The zero-order valence-electron chi connectivity index (χ0n) is 32.6. The van der Waals surface area contributed by atoms with E-state index in [-0.39, 0.29) is 29.3 Å². The summed E-state index contributed by atoms with van der Waals surface area (Å²) in [6.45, 7) is 16.4. The molecule has 1 heterocycles. The maximum Gasteiger partial charge on any atom is 0.334 e. The molecule has 0 N–H and O–H groups in total. The number of unbranched alkanes of at least 4 members (excludes halogenated alkanes) is 5. The van der Waals surface area contributed by atoms with Crippen molar-refractivity contribution in [3.63, 3.8) is 0 Å². The lowest BCUT2D eigenvalue weighted by Gasteiger charge is -2.46. The van der Waals surface area contributed by atoms with Gasteiger partial charge >= 0.3 is 5.97 Å². The van der Waals surface area contributed by atoms with Crippen LogP contribution in [0, 0.1) is 0 Å². The number of esters is 1. The van der Waals surface area contributed by atoms with Crippen LogP contribution in [-0.2, 0) is 18.4 Å². The van der Waals surface area contributed by atoms with Gasteiger partial charge in [-0.25, -0.2) is 4.79 Å². The van der Waals surface area contributed by atoms with Crippen LogP contribution in [0.25, 0.3) is 0 Å². The fourth-order valence-corrected chi connectivity index (χ4v) is 17.4. The number of hydrogen-bond acceptors (Lipinski definition) is 4. The Morgan fingerprint density at radius 1 is 0.596 bits per heavy atom. The SMILES string of the molecule is CCCCCCC/C=C1/CC(CO[Si](c2ccccc2)(c2ccccc2)C(C)(C)C)(CO[Si](c2ccccc2)(c2ccccc2)C(C)(C)C)OC1=O. The molecule has 5 rings (SSSR count). The second-order valence-corrected chi connectivity index (χ2v) is 25.2. The number of carbonyl (C=O) groups excluding carboxylic acids is 1. The molecule has 0 unspecified atom stereocenters. The highest BCUT2D eigenvalue weighted by atomic mass is 28.4. The third-order valence-electron chi connectivity index (χ3n) is 10.7. The number of ether oxygens (including phenoxy) is 1. The smallest absolute Gasteiger partial charge is 0.334 e. The van der Waals surface area contributed by atoms with Crippen LogP contribution >= 0.6 is 0 Å². The monoisotopic (exact) mass is 732 g/mol. The summed E-state index contributed by atoms with van der Waals surface area (Å²) < 4.78 is 21.7. The van der Waals surface area contributed by atoms with E-state index >= 15 is 0 Å². The molecule has 4 nitrogen and oxygen atoms in total. The summed E-state index contributed by atoms with van der Waals surface area (Å²) in [5.41, 5.74) is -0.252. The number of benzene rings is 4. The van der Waals surface area contributed by atoms with Crippen LogP contribution in [0.2, 0.25) is 10.1 Å². The molecule has 0 atom stereocenters. The van der Waals surface area contributed by atoms with Crippen molar-refractivity contribution in [2.24, 2.45) is 0 Å². The van der Waals surface area contributed by atoms with E-state index in [0.717, 1.165) is 18.4 Å². The summed E-state index contributed by atoms with van der Waals surface area (Å²) in [6, 6.07) is 42.8. The zero-order valence-corrected chi connectivity index (χ0v) is 34.6. The molecule has 0 bridgehead atoms. The standard InChI is InChI=1S/C46H60O4Si2/c1-8-9-10-11-12-17-26-38-35-46(50-43(38)47,36-48-51(44(2,3)4,39-27-18-13-19-28-39)40-29-20-14-21-30-40)37-49-52(45(5,6)7,41-31-22-15-23-32-41)42-33-24-16-25-34-42/h13-16,18-34H,8-12,17,35-37H2,1-7H3/b38-26-. The molecule has 0 saturated carbocycles. The molecule has 0 aromatic heterocycles. The molecule has 1 aliphatic rings. The van der Waals surface area contributed by atoms with Gasteiger partial charge in [0, 0.05) is 12.0 Å². The first-order chi connectivity index (χ1) is 24.9. The van der Waals surface area contributed by atoms with Crippen LogP contribution in [0.4, 0.5) is 0 Å². The largest absolute Gasteiger partial charge is 0.451 e. The predicted octanol–water partition coefficient (Wildman–Crippen LogP) is 9.11. The lowest BCUT2D eigenvalue weighted by atomic mass is 9.98. The molecule has 4 aromatic rings. The molecule has 1 aliphatic heterocycles. The van der Waals surface area contributed by atoms with Crippen molar-refractivity contribution in [3.05, 3.63) is 133 Å². The first-order valence-corrected chi connectivity index (χ1v) is 23.1. The van der Waals surface area contributed by atoms with Crippen molar-refractivity contribution in [1.29, 1.82) is 0 Å². The number of hydrogen-bond donors (Lipinski definition) is 0. The normalized spacial score (nSPS) is 15.9. The van der Waals surface area contributed by atoms with Crippen LogP contribution in [0.1, 0.15) is 93.4 Å². The Balaban J connectivity index is 1.60. The molecule has 6 heteroatoms. The lowest BCUT2D eigenvalue weighted by Crippen LogP contribution is -2.69. The van der Waals surface area contributed by atoms with E-state index in [0.29, 0.717) is 6.42 Å². The highest BCUT2D eigenvalue weighted by molar-refractivity contribution is 7.00. The molecule has 0 aliphatic carbocycles. The van der Waals surface area contributed by atoms with E-state index in [1.165, 1.54) is 46.4 Å². The molecule has 52 heavy (non-hydrogen) atoms. The Morgan fingerprint density at radius 3 is 1.31 bits per heavy atom. The van der Waals surface area contributed by atoms with Crippen LogP contribution < -0.4 is 20.7 Å². The fourth-order valence-electron chi connectivity index (χ4n) is 8.10. The lowest BCUT2D eigenvalue weighted by molar-refractivity contribution is -0.152. The van der Waals surface area contributed by atoms with Crippen molar-refractivity contribution >= 4 is 43.4 Å². The van der Waals surface area contributed by atoms with Crippen molar-refractivity contribution in [3.8, 4) is 0 Å². The summed E-state index contributed by atoms with van der Waals surface area (Å²) in [6.07, 6.45) is 9.39. The Labute approximate surface area is 315 Å². The number of carbonyl (C=O) groups is 1. The molecular weight excluding hydrogens is 673 g/mol. The van der Waals surface area contributed by atoms with E-state index in [2.05, 4.69) is 176 Å². The van der Waals surface area contributed by atoms with Gasteiger partial charge in [-0.2, -0.15) is 0 Å². The van der Waals surface area contributed by atoms with Gasteiger partial charge < -0.3 is 13.6 Å². The van der Waals surface area contributed by atoms with Crippen molar-refractivity contribution in [1.82, 2.24) is 0 Å². The molecular formula is C46H60O4Si2. The Bertz CT molecular complexity index is 1540. The van der Waals surface area contributed by atoms with Crippen LogP contribution in [0.15, 0.2) is 133 Å². The van der Waals surface area contributed by atoms with E-state index in [1.807, 2.05) is 0 Å². The molecule has 1 saturated heterocycles. The van der Waals surface area contributed by atoms with Crippen LogP contribution in [0.3, 0.4) is 0 Å². The maximum atomic E-state index is 13.9. The minimum absolute atomic E-state index is 0.227. The quantitative estimate of drug-likeness (QED) is 0.0499. The Morgan fingerprint density at radius 2 is 0.962 bits per heavy atom. The summed E-state index contributed by atoms with van der Waals surface area (Å²) in [5, 5.41) is 4.34. The molecule has 4 aromatic carbocycles. The molecule has 0 amide bonds. The highest BCUT2D eigenvalue weighted by Crippen LogP contribution is 2.42. The summed E-state index contributed by atoms with van der Waals surface area (Å²) in [7, 11) is -5.89. The molecule has 276 valence electrons. The van der Waals surface area contributed by atoms with Gasteiger partial charge in [-0.3, -0.25) is 0 Å². The van der Waals surface area contributed by atoms with E-state index < -0.39 is 22.2 Å². The maximum absolute atomic E-state index is 13.9. The Hall–Kier alpha value is -3.56. The van der Waals surface area contributed by atoms with Gasteiger partial charge in [0.25, 0.3) is 16.6 Å². The van der Waals surface area contributed by atoms with Gasteiger partial charge in [-0.1, -0.05) is 202 Å². The number of cyclic esters (lactones) is 1. The van der Waals surface area contributed by atoms with E-state index in [4.69, 9.17) is 13.6 Å². The number of allylic oxidation sites excluding steroid dienone is 1. The first kappa shape index (κ1) is 39.6. The average Bonchev–Trinajstić information content (AvgIpc) is 3.45. The third-order valence-corrected chi connectivity index (χ3v) is 20.7. The zero-order chi connectivity index (χ0) is 37.3. The molecule has 1 fully saturated rings. The third kappa shape index (κ3) is 8.47.